The molecule has 1 rings (SSSR count). The second kappa shape index (κ2) is 5.40. The first-order chi connectivity index (χ1) is 7.16. The number of carbonyl (C=O) groups is 2. The molecular formula is C11H15NO3. The Morgan fingerprint density at radius 2 is 2.27 bits per heavy atom. The number of likely N-dealkylation sites (tertiary alicyclic amines) is 1. The van der Waals surface area contributed by atoms with Gasteiger partial charge in [0, 0.05) is 13.0 Å². The van der Waals surface area contributed by atoms with Gasteiger partial charge in [-0.05, 0) is 25.2 Å². The van der Waals surface area contributed by atoms with Crippen molar-refractivity contribution in [1.29, 1.82) is 0 Å². The van der Waals surface area contributed by atoms with E-state index in [1.54, 1.807) is 0 Å². The average Bonchev–Trinajstić information content (AvgIpc) is 2.66. The van der Waals surface area contributed by atoms with Gasteiger partial charge in [0.05, 0.1) is 0 Å². The smallest absolute Gasteiger partial charge is 0.326 e. The van der Waals surface area contributed by atoms with Gasteiger partial charge in [0.25, 0.3) is 5.91 Å². The highest BCUT2D eigenvalue weighted by molar-refractivity contribution is 5.96. The van der Waals surface area contributed by atoms with E-state index >= 15 is 0 Å². The van der Waals surface area contributed by atoms with Crippen molar-refractivity contribution in [3.8, 4) is 11.8 Å². The van der Waals surface area contributed by atoms with E-state index in [-0.39, 0.29) is 5.91 Å². The Labute approximate surface area is 89.3 Å². The van der Waals surface area contributed by atoms with Crippen molar-refractivity contribution in [3.05, 3.63) is 0 Å². The largest absolute Gasteiger partial charge is 0.480 e. The maximum Gasteiger partial charge on any atom is 0.326 e. The molecule has 0 aliphatic carbocycles. The first-order valence-electron chi connectivity index (χ1n) is 5.19. The number of aliphatic carboxylic acids is 1. The highest BCUT2D eigenvalue weighted by Gasteiger charge is 2.33. The lowest BCUT2D eigenvalue weighted by molar-refractivity contribution is -0.146. The molecule has 1 aliphatic heterocycles. The second-order valence-corrected chi connectivity index (χ2v) is 3.55. The number of carboxylic acid groups (broad SMARTS) is 1. The zero-order chi connectivity index (χ0) is 11.3. The molecule has 4 nitrogen and oxygen atoms in total. The minimum absolute atomic E-state index is 0.353. The molecule has 1 atom stereocenters. The molecule has 0 aromatic rings. The van der Waals surface area contributed by atoms with Crippen LogP contribution in [0.25, 0.3) is 0 Å². The Balaban J connectivity index is 2.60. The van der Waals surface area contributed by atoms with Crippen molar-refractivity contribution in [2.24, 2.45) is 0 Å². The van der Waals surface area contributed by atoms with Gasteiger partial charge >= 0.3 is 5.97 Å². The molecule has 1 amide bonds. The Morgan fingerprint density at radius 3 is 2.87 bits per heavy atom. The van der Waals surface area contributed by atoms with Crippen LogP contribution in [-0.4, -0.2) is 34.5 Å². The summed E-state index contributed by atoms with van der Waals surface area (Å²) in [5.41, 5.74) is 0. The molecule has 1 saturated heterocycles. The van der Waals surface area contributed by atoms with Gasteiger partial charge in [-0.1, -0.05) is 12.8 Å². The molecule has 15 heavy (non-hydrogen) atoms. The monoisotopic (exact) mass is 209 g/mol. The van der Waals surface area contributed by atoms with E-state index in [0.29, 0.717) is 19.4 Å². The van der Waals surface area contributed by atoms with Crippen LogP contribution in [0.2, 0.25) is 0 Å². The van der Waals surface area contributed by atoms with Crippen molar-refractivity contribution < 1.29 is 14.7 Å². The predicted octanol–water partition coefficient (Wildman–Crippen LogP) is 0.865. The number of hydrogen-bond donors (Lipinski definition) is 1. The van der Waals surface area contributed by atoms with Gasteiger partial charge in [-0.25, -0.2) is 4.79 Å². The first kappa shape index (κ1) is 11.6. The standard InChI is InChI=1S/C11H15NO3/c1-2-3-4-7-10(13)12-8-5-6-9(12)11(14)15/h9H,2-3,5-6,8H2,1H3,(H,14,15)/t9-/m0/s1. The third-order valence-electron chi connectivity index (χ3n) is 2.37. The molecular weight excluding hydrogens is 194 g/mol. The van der Waals surface area contributed by atoms with Gasteiger partial charge in [-0.3, -0.25) is 4.79 Å². The fraction of sp³-hybridized carbons (Fsp3) is 0.636. The van der Waals surface area contributed by atoms with Crippen LogP contribution >= 0.6 is 0 Å². The number of carboxylic acids is 1. The van der Waals surface area contributed by atoms with E-state index in [0.717, 1.165) is 12.8 Å². The van der Waals surface area contributed by atoms with Crippen LogP contribution in [0.3, 0.4) is 0 Å². The Bertz CT molecular complexity index is 314. The minimum Gasteiger partial charge on any atom is -0.480 e. The average molecular weight is 209 g/mol. The van der Waals surface area contributed by atoms with E-state index in [4.69, 9.17) is 5.11 Å². The molecule has 1 aliphatic rings. The number of carbonyl (C=O) groups excluding carboxylic acids is 1. The maximum absolute atomic E-state index is 11.5. The molecule has 82 valence electrons. The van der Waals surface area contributed by atoms with E-state index < -0.39 is 12.0 Å². The lowest BCUT2D eigenvalue weighted by Gasteiger charge is -2.17. The van der Waals surface area contributed by atoms with Crippen LogP contribution in [0.1, 0.15) is 32.6 Å². The molecule has 0 aromatic heterocycles. The Kier molecular flexibility index (Phi) is 4.17. The quantitative estimate of drug-likeness (QED) is 0.686. The molecule has 0 saturated carbocycles. The minimum atomic E-state index is -0.932. The van der Waals surface area contributed by atoms with Crippen LogP contribution in [0, 0.1) is 11.8 Å². The number of amides is 1. The molecule has 0 radical (unpaired) electrons. The van der Waals surface area contributed by atoms with E-state index in [1.807, 2.05) is 6.92 Å². The number of rotatable bonds is 2. The van der Waals surface area contributed by atoms with Crippen molar-refractivity contribution >= 4 is 11.9 Å². The van der Waals surface area contributed by atoms with E-state index in [9.17, 15) is 9.59 Å². The summed E-state index contributed by atoms with van der Waals surface area (Å²) in [6, 6.07) is -0.673. The van der Waals surface area contributed by atoms with Crippen molar-refractivity contribution in [2.45, 2.75) is 38.6 Å². The second-order valence-electron chi connectivity index (χ2n) is 3.55. The van der Waals surface area contributed by atoms with Gasteiger partial charge in [0.15, 0.2) is 0 Å². The fourth-order valence-corrected chi connectivity index (χ4v) is 1.60. The highest BCUT2D eigenvalue weighted by Crippen LogP contribution is 2.16. The topological polar surface area (TPSA) is 57.6 Å². The Morgan fingerprint density at radius 1 is 1.53 bits per heavy atom. The normalized spacial score (nSPS) is 19.5. The third kappa shape index (κ3) is 2.98. The number of nitrogens with zero attached hydrogens (tertiary/aromatic N) is 1. The summed E-state index contributed by atoms with van der Waals surface area (Å²) in [6.07, 6.45) is 2.87. The van der Waals surface area contributed by atoms with Crippen molar-refractivity contribution in [2.75, 3.05) is 6.54 Å². The first-order valence-corrected chi connectivity index (χ1v) is 5.19. The van der Waals surface area contributed by atoms with Crippen molar-refractivity contribution in [3.63, 3.8) is 0 Å². The van der Waals surface area contributed by atoms with E-state index in [2.05, 4.69) is 11.8 Å². The highest BCUT2D eigenvalue weighted by atomic mass is 16.4. The summed E-state index contributed by atoms with van der Waals surface area (Å²) in [7, 11) is 0. The lowest BCUT2D eigenvalue weighted by Crippen LogP contribution is -2.39. The summed E-state index contributed by atoms with van der Waals surface area (Å²) in [5.74, 6) is 3.94. The van der Waals surface area contributed by atoms with Crippen molar-refractivity contribution in [1.82, 2.24) is 4.90 Å². The number of hydrogen-bond acceptors (Lipinski definition) is 2. The van der Waals surface area contributed by atoms with Crippen LogP contribution in [-0.2, 0) is 9.59 Å². The van der Waals surface area contributed by atoms with Crippen LogP contribution in [0.4, 0.5) is 0 Å². The third-order valence-corrected chi connectivity index (χ3v) is 2.37. The molecule has 0 unspecified atom stereocenters. The summed E-state index contributed by atoms with van der Waals surface area (Å²) < 4.78 is 0. The fourth-order valence-electron chi connectivity index (χ4n) is 1.60. The molecule has 1 N–H and O–H groups in total. The van der Waals surface area contributed by atoms with Gasteiger partial charge in [0.2, 0.25) is 0 Å². The Hall–Kier alpha value is -1.50. The predicted molar refractivity (Wildman–Crippen MR) is 55.1 cm³/mol. The zero-order valence-corrected chi connectivity index (χ0v) is 8.82. The molecule has 4 heteroatoms. The molecule has 1 fully saturated rings. The van der Waals surface area contributed by atoms with Gasteiger partial charge in [0.1, 0.15) is 6.04 Å². The maximum atomic E-state index is 11.5. The van der Waals surface area contributed by atoms with Crippen LogP contribution in [0.15, 0.2) is 0 Å². The summed E-state index contributed by atoms with van der Waals surface area (Å²) in [4.78, 5) is 23.7. The van der Waals surface area contributed by atoms with Gasteiger partial charge < -0.3 is 10.0 Å². The molecule has 0 bridgehead atoms. The summed E-state index contributed by atoms with van der Waals surface area (Å²) in [6.45, 7) is 2.49. The molecule has 0 spiro atoms. The van der Waals surface area contributed by atoms with Gasteiger partial charge in [-0.2, -0.15) is 0 Å². The van der Waals surface area contributed by atoms with E-state index in [1.165, 1.54) is 4.90 Å². The van der Waals surface area contributed by atoms with Crippen LogP contribution in [0.5, 0.6) is 0 Å². The number of unbranched alkanes of at least 4 members (excludes halogenated alkanes) is 1. The zero-order valence-electron chi connectivity index (χ0n) is 8.82. The molecule has 1 heterocycles. The molecule has 0 aromatic carbocycles. The lowest BCUT2D eigenvalue weighted by atomic mass is 10.2. The summed E-state index contributed by atoms with van der Waals surface area (Å²) >= 11 is 0. The SMILES string of the molecule is CCCC#CC(=O)N1CCC[C@H]1C(=O)O. The van der Waals surface area contributed by atoms with Crippen LogP contribution < -0.4 is 0 Å². The summed E-state index contributed by atoms with van der Waals surface area (Å²) in [5, 5.41) is 8.86. The van der Waals surface area contributed by atoms with Gasteiger partial charge in [-0.15, -0.1) is 0 Å².